The summed E-state index contributed by atoms with van der Waals surface area (Å²) < 4.78 is 5.46. The lowest BCUT2D eigenvalue weighted by atomic mass is 10.0. The SMILES string of the molecule is CC1=NC2C=CC=CC(=C2)N1c1cc(-c2c(C)noc2C)cc2[nH]c(C3CC3)nc12. The van der Waals surface area contributed by atoms with Gasteiger partial charge in [-0.3, -0.25) is 9.89 Å². The molecule has 1 atom stereocenters. The van der Waals surface area contributed by atoms with Crippen LogP contribution in [0.15, 0.2) is 57.7 Å². The smallest absolute Gasteiger partial charge is 0.141 e. The van der Waals surface area contributed by atoms with Crippen LogP contribution in [-0.2, 0) is 0 Å². The molecule has 0 radical (unpaired) electrons. The van der Waals surface area contributed by atoms with Crippen LogP contribution in [0.25, 0.3) is 22.2 Å². The number of aryl methyl sites for hydroxylation is 2. The maximum Gasteiger partial charge on any atom is 0.141 e. The van der Waals surface area contributed by atoms with E-state index in [9.17, 15) is 0 Å². The molecule has 3 heterocycles. The summed E-state index contributed by atoms with van der Waals surface area (Å²) in [6.07, 6.45) is 13.0. The second-order valence-electron chi connectivity index (χ2n) is 8.32. The summed E-state index contributed by atoms with van der Waals surface area (Å²) in [7, 11) is 0. The number of benzene rings is 1. The quantitative estimate of drug-likeness (QED) is 0.648. The summed E-state index contributed by atoms with van der Waals surface area (Å²) in [4.78, 5) is 15.7. The zero-order valence-corrected chi connectivity index (χ0v) is 17.3. The van der Waals surface area contributed by atoms with Crippen LogP contribution in [0.4, 0.5) is 5.69 Å². The number of anilines is 1. The Morgan fingerprint density at radius 2 is 2.00 bits per heavy atom. The molecule has 0 saturated heterocycles. The van der Waals surface area contributed by atoms with Crippen LogP contribution in [0.2, 0.25) is 0 Å². The Balaban J connectivity index is 1.60. The van der Waals surface area contributed by atoms with Crippen LogP contribution in [0, 0.1) is 13.8 Å². The topological polar surface area (TPSA) is 70.3 Å². The van der Waals surface area contributed by atoms with Crippen molar-refractivity contribution in [2.75, 3.05) is 4.90 Å². The van der Waals surface area contributed by atoms with Gasteiger partial charge in [-0.25, -0.2) is 4.98 Å². The van der Waals surface area contributed by atoms with Crippen LogP contribution in [-0.4, -0.2) is 27.0 Å². The first kappa shape index (κ1) is 17.4. The van der Waals surface area contributed by atoms with Gasteiger partial charge >= 0.3 is 0 Å². The lowest BCUT2D eigenvalue weighted by molar-refractivity contribution is 0.393. The standard InChI is InChI=1S/C24H23N5O/c1-13-22(14(2)30-28-13)17-10-20-23(27-24(26-20)16-8-9-16)21(11-17)29-15(3)25-18-6-4-5-7-19(29)12-18/h4-7,10-12,16,18H,8-9H2,1-3H3,(H,26,27). The first-order valence-electron chi connectivity index (χ1n) is 10.5. The van der Waals surface area contributed by atoms with E-state index >= 15 is 0 Å². The number of aliphatic imine (C=N–C) groups is 1. The number of amidine groups is 1. The summed E-state index contributed by atoms with van der Waals surface area (Å²) in [5, 5.41) is 4.17. The minimum absolute atomic E-state index is 0.0775. The van der Waals surface area contributed by atoms with Crippen molar-refractivity contribution < 1.29 is 4.52 Å². The average Bonchev–Trinajstić information content (AvgIpc) is 3.43. The van der Waals surface area contributed by atoms with Crippen LogP contribution in [0.3, 0.4) is 0 Å². The first-order valence-corrected chi connectivity index (χ1v) is 10.5. The predicted molar refractivity (Wildman–Crippen MR) is 119 cm³/mol. The highest BCUT2D eigenvalue weighted by Crippen LogP contribution is 2.42. The number of imidazole rings is 1. The largest absolute Gasteiger partial charge is 0.361 e. The molecular weight excluding hydrogens is 374 g/mol. The Bertz CT molecular complexity index is 1280. The number of fused-ring (bicyclic) bond motifs is 2. The molecule has 2 bridgehead atoms. The molecule has 6 heteroatoms. The van der Waals surface area contributed by atoms with Crippen LogP contribution in [0.1, 0.15) is 43.0 Å². The van der Waals surface area contributed by atoms with Crippen LogP contribution in [0.5, 0.6) is 0 Å². The Labute approximate surface area is 174 Å². The zero-order chi connectivity index (χ0) is 20.4. The van der Waals surface area contributed by atoms with Crippen molar-refractivity contribution in [1.82, 2.24) is 15.1 Å². The summed E-state index contributed by atoms with van der Waals surface area (Å²) in [5.74, 6) is 3.41. The van der Waals surface area contributed by atoms with Gasteiger partial charge in [-0.15, -0.1) is 0 Å². The number of aromatic amines is 1. The third-order valence-corrected chi connectivity index (χ3v) is 6.06. The Morgan fingerprint density at radius 3 is 2.77 bits per heavy atom. The first-order chi connectivity index (χ1) is 14.6. The number of hydrogen-bond acceptors (Lipinski definition) is 5. The van der Waals surface area contributed by atoms with Crippen molar-refractivity contribution in [1.29, 1.82) is 0 Å². The van der Waals surface area contributed by atoms with Gasteiger partial charge in [0.25, 0.3) is 0 Å². The normalized spacial score (nSPS) is 20.5. The fourth-order valence-electron chi connectivity index (χ4n) is 4.50. The van der Waals surface area contributed by atoms with Gasteiger partial charge in [-0.05, 0) is 63.5 Å². The molecule has 1 aliphatic heterocycles. The molecule has 2 aliphatic carbocycles. The molecule has 3 aliphatic rings. The van der Waals surface area contributed by atoms with Crippen molar-refractivity contribution >= 4 is 22.6 Å². The number of rotatable bonds is 3. The molecule has 1 unspecified atom stereocenters. The maximum absolute atomic E-state index is 5.46. The number of nitrogens with one attached hydrogen (secondary N) is 1. The summed E-state index contributed by atoms with van der Waals surface area (Å²) in [6.45, 7) is 6.01. The van der Waals surface area contributed by atoms with Gasteiger partial charge in [0.1, 0.15) is 22.9 Å². The average molecular weight is 397 g/mol. The van der Waals surface area contributed by atoms with Gasteiger partial charge in [-0.2, -0.15) is 0 Å². The van der Waals surface area contributed by atoms with E-state index in [4.69, 9.17) is 14.5 Å². The Morgan fingerprint density at radius 1 is 1.13 bits per heavy atom. The van der Waals surface area contributed by atoms with Crippen molar-refractivity contribution in [3.63, 3.8) is 0 Å². The summed E-state index contributed by atoms with van der Waals surface area (Å²) in [6, 6.07) is 4.44. The lowest BCUT2D eigenvalue weighted by Crippen LogP contribution is -2.32. The predicted octanol–water partition coefficient (Wildman–Crippen LogP) is 5.33. The molecular formula is C24H23N5O. The molecule has 3 aromatic rings. The molecule has 1 saturated carbocycles. The number of allylic oxidation sites excluding steroid dienone is 3. The van der Waals surface area contributed by atoms with Crippen LogP contribution < -0.4 is 4.90 Å². The minimum atomic E-state index is 0.0775. The fourth-order valence-corrected chi connectivity index (χ4v) is 4.50. The Hall–Kier alpha value is -3.41. The highest BCUT2D eigenvalue weighted by molar-refractivity contribution is 6.08. The number of nitrogens with zero attached hydrogens (tertiary/aromatic N) is 4. The van der Waals surface area contributed by atoms with E-state index in [1.807, 2.05) is 13.8 Å². The van der Waals surface area contributed by atoms with E-state index in [-0.39, 0.29) is 6.04 Å². The monoisotopic (exact) mass is 397 g/mol. The van der Waals surface area contributed by atoms with E-state index in [0.717, 1.165) is 56.7 Å². The molecule has 2 aromatic heterocycles. The third-order valence-electron chi connectivity index (χ3n) is 6.06. The molecule has 1 N–H and O–H groups in total. The number of hydrogen-bond donors (Lipinski definition) is 1. The van der Waals surface area contributed by atoms with Gasteiger partial charge in [0, 0.05) is 17.2 Å². The maximum atomic E-state index is 5.46. The molecule has 1 fully saturated rings. The van der Waals surface area contributed by atoms with E-state index in [1.54, 1.807) is 0 Å². The van der Waals surface area contributed by atoms with Gasteiger partial charge in [-0.1, -0.05) is 23.4 Å². The highest BCUT2D eigenvalue weighted by atomic mass is 16.5. The number of H-pyrrole nitrogens is 1. The molecule has 6 nitrogen and oxygen atoms in total. The summed E-state index contributed by atoms with van der Waals surface area (Å²) >= 11 is 0. The molecule has 6 rings (SSSR count). The van der Waals surface area contributed by atoms with Gasteiger partial charge in [0.15, 0.2) is 0 Å². The van der Waals surface area contributed by atoms with Crippen molar-refractivity contribution in [3.05, 3.63) is 65.5 Å². The van der Waals surface area contributed by atoms with E-state index in [2.05, 4.69) is 64.5 Å². The molecule has 1 aromatic carbocycles. The van der Waals surface area contributed by atoms with Crippen molar-refractivity contribution in [2.45, 2.75) is 45.6 Å². The van der Waals surface area contributed by atoms with Crippen molar-refractivity contribution in [2.24, 2.45) is 4.99 Å². The van der Waals surface area contributed by atoms with Gasteiger partial charge < -0.3 is 9.51 Å². The van der Waals surface area contributed by atoms with E-state index in [1.165, 1.54) is 12.8 Å². The fraction of sp³-hybridized carbons (Fsp3) is 0.292. The Kier molecular flexibility index (Phi) is 3.66. The lowest BCUT2D eigenvalue weighted by Gasteiger charge is -2.30. The van der Waals surface area contributed by atoms with Gasteiger partial charge in [0.2, 0.25) is 0 Å². The molecule has 0 amide bonds. The molecule has 0 spiro atoms. The minimum Gasteiger partial charge on any atom is -0.361 e. The molecule has 150 valence electrons. The van der Waals surface area contributed by atoms with Crippen molar-refractivity contribution in [3.8, 4) is 11.1 Å². The van der Waals surface area contributed by atoms with E-state index < -0.39 is 0 Å². The summed E-state index contributed by atoms with van der Waals surface area (Å²) in [5.41, 5.74) is 7.17. The zero-order valence-electron chi connectivity index (χ0n) is 17.3. The van der Waals surface area contributed by atoms with E-state index in [0.29, 0.717) is 5.92 Å². The molecule has 30 heavy (non-hydrogen) atoms. The second-order valence-corrected chi connectivity index (χ2v) is 8.32. The highest BCUT2D eigenvalue weighted by Gasteiger charge is 2.30. The third kappa shape index (κ3) is 2.67. The number of aromatic nitrogens is 3. The van der Waals surface area contributed by atoms with Gasteiger partial charge in [0.05, 0.1) is 22.9 Å². The second kappa shape index (κ2) is 6.29. The van der Waals surface area contributed by atoms with Crippen LogP contribution >= 0.6 is 0 Å².